The van der Waals surface area contributed by atoms with Gasteiger partial charge in [0.1, 0.15) is 0 Å². The molecule has 0 aliphatic carbocycles. The highest BCUT2D eigenvalue weighted by Crippen LogP contribution is 2.31. The topological polar surface area (TPSA) is 83.6 Å². The summed E-state index contributed by atoms with van der Waals surface area (Å²) in [5, 5.41) is 2.89. The summed E-state index contributed by atoms with van der Waals surface area (Å²) in [4.78, 5) is 28.9. The van der Waals surface area contributed by atoms with Crippen molar-refractivity contribution in [3.63, 3.8) is 0 Å². The fourth-order valence-electron chi connectivity index (χ4n) is 4.05. The van der Waals surface area contributed by atoms with Gasteiger partial charge < -0.3 is 10.2 Å². The lowest BCUT2D eigenvalue weighted by atomic mass is 10.1. The smallest absolute Gasteiger partial charge is 0.229 e. The first-order chi connectivity index (χ1) is 14.7. The Balaban J connectivity index is 1.34. The van der Waals surface area contributed by atoms with Gasteiger partial charge in [-0.3, -0.25) is 9.59 Å². The largest absolute Gasteiger partial charge is 0.338 e. The van der Waals surface area contributed by atoms with E-state index in [-0.39, 0.29) is 42.3 Å². The molecule has 4 rings (SSSR count). The fourth-order valence-corrected chi connectivity index (χ4v) is 6.69. The van der Waals surface area contributed by atoms with Crippen molar-refractivity contribution >= 4 is 39.1 Å². The lowest BCUT2D eigenvalue weighted by molar-refractivity contribution is -0.129. The van der Waals surface area contributed by atoms with Crippen molar-refractivity contribution < 1.29 is 18.0 Å². The number of hydrogen-bond donors (Lipinski definition) is 1. The van der Waals surface area contributed by atoms with Crippen LogP contribution < -0.4 is 5.32 Å². The number of benzene rings is 2. The summed E-state index contributed by atoms with van der Waals surface area (Å²) < 4.78 is 23.4. The summed E-state index contributed by atoms with van der Waals surface area (Å²) in [5.41, 5.74) is 3.20. The third-order valence-corrected chi connectivity index (χ3v) is 8.76. The summed E-state index contributed by atoms with van der Waals surface area (Å²) in [6, 6.07) is 13.7. The Bertz CT molecular complexity index is 1110. The highest BCUT2D eigenvalue weighted by Gasteiger charge is 2.41. The number of aryl methyl sites for hydroxylation is 2. The first-order valence-corrected chi connectivity index (χ1v) is 13.0. The average Bonchev–Trinajstić information content (AvgIpc) is 3.28. The van der Waals surface area contributed by atoms with E-state index < -0.39 is 15.8 Å². The second kappa shape index (κ2) is 8.67. The van der Waals surface area contributed by atoms with Crippen LogP contribution in [0.3, 0.4) is 0 Å². The first-order valence-electron chi connectivity index (χ1n) is 10.4. The van der Waals surface area contributed by atoms with Crippen LogP contribution in [-0.2, 0) is 19.4 Å². The molecule has 6 nitrogen and oxygen atoms in total. The number of anilines is 1. The van der Waals surface area contributed by atoms with Crippen LogP contribution in [0.5, 0.6) is 0 Å². The molecule has 2 heterocycles. The van der Waals surface area contributed by atoms with Crippen molar-refractivity contribution in [1.29, 1.82) is 0 Å². The van der Waals surface area contributed by atoms with Gasteiger partial charge in [0.25, 0.3) is 0 Å². The minimum Gasteiger partial charge on any atom is -0.338 e. The molecule has 0 aromatic heterocycles. The average molecular weight is 459 g/mol. The standard InChI is InChI=1S/C23H26N2O4S2/c1-15-3-6-21(11-16(15)2)30-20-7-4-18(5-8-20)24-23(27)17-12-22(26)25(13-17)19-9-10-31(28,29)14-19/h3-8,11,17,19H,9-10,12-14H2,1-2H3,(H,24,27). The van der Waals surface area contributed by atoms with Gasteiger partial charge in [0.15, 0.2) is 9.84 Å². The molecule has 2 aliphatic rings. The molecule has 8 heteroatoms. The highest BCUT2D eigenvalue weighted by atomic mass is 32.2. The van der Waals surface area contributed by atoms with Crippen molar-refractivity contribution in [3.05, 3.63) is 53.6 Å². The molecular formula is C23H26N2O4S2. The van der Waals surface area contributed by atoms with Gasteiger partial charge in [-0.1, -0.05) is 17.8 Å². The van der Waals surface area contributed by atoms with Gasteiger partial charge in [0, 0.05) is 34.5 Å². The Morgan fingerprint density at radius 1 is 1.06 bits per heavy atom. The summed E-state index contributed by atoms with van der Waals surface area (Å²) in [6.45, 7) is 4.47. The number of amides is 2. The van der Waals surface area contributed by atoms with E-state index in [4.69, 9.17) is 0 Å². The number of likely N-dealkylation sites (tertiary alicyclic amines) is 1. The molecule has 2 fully saturated rings. The molecule has 2 aromatic rings. The lowest BCUT2D eigenvalue weighted by Crippen LogP contribution is -2.38. The van der Waals surface area contributed by atoms with Crippen molar-refractivity contribution in [1.82, 2.24) is 4.90 Å². The van der Waals surface area contributed by atoms with Crippen molar-refractivity contribution in [3.8, 4) is 0 Å². The van der Waals surface area contributed by atoms with E-state index in [0.717, 1.165) is 4.90 Å². The van der Waals surface area contributed by atoms with Crippen LogP contribution in [-0.4, -0.2) is 49.2 Å². The van der Waals surface area contributed by atoms with E-state index in [1.54, 1.807) is 16.7 Å². The van der Waals surface area contributed by atoms with Crippen molar-refractivity contribution in [2.45, 2.75) is 42.5 Å². The first kappa shape index (κ1) is 21.9. The van der Waals surface area contributed by atoms with Gasteiger partial charge in [-0.05, 0) is 67.8 Å². The number of carbonyl (C=O) groups is 2. The Labute approximate surface area is 187 Å². The zero-order valence-electron chi connectivity index (χ0n) is 17.6. The minimum absolute atomic E-state index is 0.00666. The van der Waals surface area contributed by atoms with Crippen LogP contribution >= 0.6 is 11.8 Å². The fraction of sp³-hybridized carbons (Fsp3) is 0.391. The van der Waals surface area contributed by atoms with Crippen molar-refractivity contribution in [2.24, 2.45) is 5.92 Å². The summed E-state index contributed by atoms with van der Waals surface area (Å²) in [7, 11) is -3.07. The van der Waals surface area contributed by atoms with E-state index in [2.05, 4.69) is 37.4 Å². The summed E-state index contributed by atoms with van der Waals surface area (Å²) >= 11 is 1.66. The van der Waals surface area contributed by atoms with E-state index >= 15 is 0 Å². The van der Waals surface area contributed by atoms with Crippen LogP contribution in [0.1, 0.15) is 24.0 Å². The van der Waals surface area contributed by atoms with E-state index in [1.807, 2.05) is 24.3 Å². The lowest BCUT2D eigenvalue weighted by Gasteiger charge is -2.22. The van der Waals surface area contributed by atoms with E-state index in [0.29, 0.717) is 12.1 Å². The maximum Gasteiger partial charge on any atom is 0.229 e. The monoisotopic (exact) mass is 458 g/mol. The van der Waals surface area contributed by atoms with Gasteiger partial charge in [-0.15, -0.1) is 0 Å². The molecule has 1 N–H and O–H groups in total. The maximum absolute atomic E-state index is 12.7. The molecule has 2 saturated heterocycles. The zero-order chi connectivity index (χ0) is 22.2. The quantitative estimate of drug-likeness (QED) is 0.742. The molecule has 2 unspecified atom stereocenters. The number of nitrogens with one attached hydrogen (secondary N) is 1. The van der Waals surface area contributed by atoms with Crippen LogP contribution in [0.4, 0.5) is 5.69 Å². The Kier molecular flexibility index (Phi) is 6.12. The van der Waals surface area contributed by atoms with Gasteiger partial charge in [-0.25, -0.2) is 8.42 Å². The van der Waals surface area contributed by atoms with Gasteiger partial charge in [-0.2, -0.15) is 0 Å². The molecule has 2 aliphatic heterocycles. The number of rotatable bonds is 5. The normalized spacial score (nSPS) is 22.6. The Hall–Kier alpha value is -2.32. The molecule has 2 aromatic carbocycles. The molecule has 164 valence electrons. The van der Waals surface area contributed by atoms with Gasteiger partial charge in [0.05, 0.1) is 17.4 Å². The highest BCUT2D eigenvalue weighted by molar-refractivity contribution is 7.99. The molecule has 0 radical (unpaired) electrons. The predicted molar refractivity (Wildman–Crippen MR) is 122 cm³/mol. The van der Waals surface area contributed by atoms with Crippen LogP contribution in [0.2, 0.25) is 0 Å². The molecule has 2 amide bonds. The third-order valence-electron chi connectivity index (χ3n) is 6.01. The van der Waals surface area contributed by atoms with Crippen LogP contribution in [0.15, 0.2) is 52.3 Å². The van der Waals surface area contributed by atoms with Crippen LogP contribution in [0, 0.1) is 19.8 Å². The Morgan fingerprint density at radius 2 is 1.77 bits per heavy atom. The minimum atomic E-state index is -3.07. The maximum atomic E-state index is 12.7. The molecule has 0 spiro atoms. The third kappa shape index (κ3) is 5.13. The summed E-state index contributed by atoms with van der Waals surface area (Å²) in [5.74, 6) is -0.675. The van der Waals surface area contributed by atoms with Gasteiger partial charge >= 0.3 is 0 Å². The zero-order valence-corrected chi connectivity index (χ0v) is 19.3. The predicted octanol–water partition coefficient (Wildman–Crippen LogP) is 3.43. The van der Waals surface area contributed by atoms with Crippen molar-refractivity contribution in [2.75, 3.05) is 23.4 Å². The van der Waals surface area contributed by atoms with E-state index in [1.165, 1.54) is 16.0 Å². The number of hydrogen-bond acceptors (Lipinski definition) is 5. The van der Waals surface area contributed by atoms with Gasteiger partial charge in [0.2, 0.25) is 11.8 Å². The second-order valence-corrected chi connectivity index (χ2v) is 11.7. The molecular weight excluding hydrogens is 432 g/mol. The number of nitrogens with zero attached hydrogens (tertiary/aromatic N) is 1. The second-order valence-electron chi connectivity index (χ2n) is 8.37. The molecule has 2 atom stereocenters. The number of sulfone groups is 1. The SMILES string of the molecule is Cc1ccc(Sc2ccc(NC(=O)C3CC(=O)N(C4CCS(=O)(=O)C4)C3)cc2)cc1C. The van der Waals surface area contributed by atoms with E-state index in [9.17, 15) is 18.0 Å². The molecule has 0 bridgehead atoms. The number of carbonyl (C=O) groups excluding carboxylic acids is 2. The molecule has 0 saturated carbocycles. The molecule has 31 heavy (non-hydrogen) atoms. The van der Waals surface area contributed by atoms with Crippen LogP contribution in [0.25, 0.3) is 0 Å². The summed E-state index contributed by atoms with van der Waals surface area (Å²) in [6.07, 6.45) is 0.588. The Morgan fingerprint density at radius 3 is 2.42 bits per heavy atom.